The Morgan fingerprint density at radius 1 is 1.06 bits per heavy atom. The van der Waals surface area contributed by atoms with Crippen LogP contribution < -0.4 is 5.73 Å². The van der Waals surface area contributed by atoms with Crippen LogP contribution in [0.1, 0.15) is 5.56 Å². The van der Waals surface area contributed by atoms with Crippen LogP contribution in [0.3, 0.4) is 0 Å². The molecule has 1 unspecified atom stereocenters. The number of hydrogen-bond acceptors (Lipinski definition) is 3. The largest absolute Gasteiger partial charge is 0.507 e. The number of aromatic hydroxyl groups is 1. The molecule has 0 heterocycles. The number of halogens is 1. The standard InChI is InChI=1S/C13H15NO2.ClH/c14-10(8-15)7-9-5-6-13(16)12-4-2-1-3-11(9)12;/h1-6,10,15-16H,7-8,14H2;1H. The van der Waals surface area contributed by atoms with Crippen molar-refractivity contribution in [3.8, 4) is 5.75 Å². The molecule has 0 aromatic heterocycles. The van der Waals surface area contributed by atoms with Crippen molar-refractivity contribution in [1.29, 1.82) is 0 Å². The van der Waals surface area contributed by atoms with Crippen molar-refractivity contribution >= 4 is 23.2 Å². The molecule has 92 valence electrons. The van der Waals surface area contributed by atoms with Crippen LogP contribution in [0.4, 0.5) is 0 Å². The number of rotatable bonds is 3. The van der Waals surface area contributed by atoms with Crippen LogP contribution in [-0.2, 0) is 6.42 Å². The van der Waals surface area contributed by atoms with Crippen LogP contribution >= 0.6 is 12.4 Å². The summed E-state index contributed by atoms with van der Waals surface area (Å²) in [6.07, 6.45) is 0.608. The first-order valence-corrected chi connectivity index (χ1v) is 5.28. The predicted octanol–water partition coefficient (Wildman–Crippen LogP) is 1.83. The minimum atomic E-state index is -0.257. The molecule has 4 heteroatoms. The summed E-state index contributed by atoms with van der Waals surface area (Å²) in [4.78, 5) is 0. The molecule has 0 amide bonds. The molecular weight excluding hydrogens is 238 g/mol. The number of phenols is 1. The summed E-state index contributed by atoms with van der Waals surface area (Å²) in [5, 5.41) is 20.5. The van der Waals surface area contributed by atoms with E-state index in [4.69, 9.17) is 10.8 Å². The summed E-state index contributed by atoms with van der Waals surface area (Å²) in [6.45, 7) is -0.0325. The topological polar surface area (TPSA) is 66.5 Å². The van der Waals surface area contributed by atoms with Crippen LogP contribution in [0.15, 0.2) is 36.4 Å². The van der Waals surface area contributed by atoms with E-state index < -0.39 is 0 Å². The van der Waals surface area contributed by atoms with E-state index in [0.29, 0.717) is 6.42 Å². The zero-order valence-electron chi connectivity index (χ0n) is 9.34. The summed E-state index contributed by atoms with van der Waals surface area (Å²) in [5.41, 5.74) is 6.77. The van der Waals surface area contributed by atoms with E-state index in [1.165, 1.54) is 0 Å². The Kier molecular flexibility index (Phi) is 4.75. The van der Waals surface area contributed by atoms with Crippen LogP contribution in [0, 0.1) is 0 Å². The third-order valence-electron chi connectivity index (χ3n) is 2.71. The number of phenolic OH excluding ortho intramolecular Hbond substituents is 1. The Morgan fingerprint density at radius 3 is 2.35 bits per heavy atom. The fourth-order valence-electron chi connectivity index (χ4n) is 1.87. The molecule has 4 N–H and O–H groups in total. The van der Waals surface area contributed by atoms with Gasteiger partial charge in [-0.15, -0.1) is 12.4 Å². The summed E-state index contributed by atoms with van der Waals surface area (Å²) in [7, 11) is 0. The summed E-state index contributed by atoms with van der Waals surface area (Å²) in [5.74, 6) is 0.275. The first kappa shape index (κ1) is 13.8. The van der Waals surface area contributed by atoms with E-state index in [1.54, 1.807) is 6.07 Å². The zero-order valence-corrected chi connectivity index (χ0v) is 10.2. The second-order valence-electron chi connectivity index (χ2n) is 3.94. The molecule has 0 aliphatic rings. The van der Waals surface area contributed by atoms with Gasteiger partial charge < -0.3 is 15.9 Å². The third kappa shape index (κ3) is 2.88. The van der Waals surface area contributed by atoms with Crippen molar-refractivity contribution in [3.05, 3.63) is 42.0 Å². The zero-order chi connectivity index (χ0) is 11.5. The quantitative estimate of drug-likeness (QED) is 0.782. The van der Waals surface area contributed by atoms with Crippen molar-refractivity contribution in [2.45, 2.75) is 12.5 Å². The molecule has 0 saturated carbocycles. The predicted molar refractivity (Wildman–Crippen MR) is 71.6 cm³/mol. The number of hydrogen-bond donors (Lipinski definition) is 3. The Balaban J connectivity index is 0.00000144. The minimum Gasteiger partial charge on any atom is -0.507 e. The van der Waals surface area contributed by atoms with E-state index >= 15 is 0 Å². The maximum atomic E-state index is 9.71. The van der Waals surface area contributed by atoms with Gasteiger partial charge in [0.15, 0.2) is 0 Å². The molecule has 17 heavy (non-hydrogen) atoms. The monoisotopic (exact) mass is 253 g/mol. The minimum absolute atomic E-state index is 0. The maximum absolute atomic E-state index is 9.71. The van der Waals surface area contributed by atoms with Gasteiger partial charge in [-0.05, 0) is 23.4 Å². The van der Waals surface area contributed by atoms with Crippen LogP contribution in [-0.4, -0.2) is 22.9 Å². The first-order chi connectivity index (χ1) is 7.72. The Morgan fingerprint density at radius 2 is 1.71 bits per heavy atom. The van der Waals surface area contributed by atoms with Crippen molar-refractivity contribution in [3.63, 3.8) is 0 Å². The Hall–Kier alpha value is -1.29. The number of benzene rings is 2. The van der Waals surface area contributed by atoms with Gasteiger partial charge in [0.1, 0.15) is 5.75 Å². The highest BCUT2D eigenvalue weighted by molar-refractivity contribution is 5.90. The lowest BCUT2D eigenvalue weighted by atomic mass is 9.99. The number of fused-ring (bicyclic) bond motifs is 1. The second kappa shape index (κ2) is 5.87. The van der Waals surface area contributed by atoms with Crippen LogP contribution in [0.25, 0.3) is 10.8 Å². The van der Waals surface area contributed by atoms with Gasteiger partial charge >= 0.3 is 0 Å². The van der Waals surface area contributed by atoms with Crippen LogP contribution in [0.2, 0.25) is 0 Å². The molecule has 0 aliphatic carbocycles. The molecular formula is C13H16ClNO2. The lowest BCUT2D eigenvalue weighted by Crippen LogP contribution is -2.26. The van der Waals surface area contributed by atoms with Gasteiger partial charge in [-0.1, -0.05) is 30.3 Å². The summed E-state index contributed by atoms with van der Waals surface area (Å²) in [6, 6.07) is 10.9. The van der Waals surface area contributed by atoms with Crippen molar-refractivity contribution < 1.29 is 10.2 Å². The highest BCUT2D eigenvalue weighted by Crippen LogP contribution is 2.27. The van der Waals surface area contributed by atoms with E-state index in [9.17, 15) is 5.11 Å². The van der Waals surface area contributed by atoms with Crippen LogP contribution in [0.5, 0.6) is 5.75 Å². The van der Waals surface area contributed by atoms with Gasteiger partial charge in [-0.3, -0.25) is 0 Å². The molecule has 2 rings (SSSR count). The van der Waals surface area contributed by atoms with Crippen molar-refractivity contribution in [2.24, 2.45) is 5.73 Å². The number of aliphatic hydroxyl groups is 1. The van der Waals surface area contributed by atoms with Gasteiger partial charge in [-0.25, -0.2) is 0 Å². The SMILES string of the molecule is Cl.NC(CO)Cc1ccc(O)c2ccccc12. The molecule has 0 bridgehead atoms. The fraction of sp³-hybridized carbons (Fsp3) is 0.231. The molecule has 3 nitrogen and oxygen atoms in total. The smallest absolute Gasteiger partial charge is 0.123 e. The normalized spacial score (nSPS) is 12.1. The highest BCUT2D eigenvalue weighted by Gasteiger charge is 2.08. The van der Waals surface area contributed by atoms with Gasteiger partial charge in [0.2, 0.25) is 0 Å². The van der Waals surface area contributed by atoms with E-state index in [0.717, 1.165) is 16.3 Å². The molecule has 0 spiro atoms. The molecule has 0 saturated heterocycles. The molecule has 1 atom stereocenters. The fourth-order valence-corrected chi connectivity index (χ4v) is 1.87. The lowest BCUT2D eigenvalue weighted by molar-refractivity contribution is 0.265. The van der Waals surface area contributed by atoms with E-state index in [1.807, 2.05) is 30.3 Å². The average molecular weight is 254 g/mol. The van der Waals surface area contributed by atoms with Gasteiger partial charge in [0.25, 0.3) is 0 Å². The van der Waals surface area contributed by atoms with E-state index in [-0.39, 0.29) is 30.8 Å². The second-order valence-corrected chi connectivity index (χ2v) is 3.94. The Labute approximate surface area is 106 Å². The van der Waals surface area contributed by atoms with Gasteiger partial charge in [0, 0.05) is 11.4 Å². The average Bonchev–Trinajstić information content (AvgIpc) is 2.33. The lowest BCUT2D eigenvalue weighted by Gasteiger charge is -2.11. The van der Waals surface area contributed by atoms with Crippen molar-refractivity contribution in [1.82, 2.24) is 0 Å². The summed E-state index contributed by atoms with van der Waals surface area (Å²) >= 11 is 0. The molecule has 0 aliphatic heterocycles. The van der Waals surface area contributed by atoms with Gasteiger partial charge in [0.05, 0.1) is 6.61 Å². The summed E-state index contributed by atoms with van der Waals surface area (Å²) < 4.78 is 0. The first-order valence-electron chi connectivity index (χ1n) is 5.28. The molecule has 0 radical (unpaired) electrons. The molecule has 2 aromatic rings. The molecule has 2 aromatic carbocycles. The molecule has 0 fully saturated rings. The Bertz CT molecular complexity index is 502. The van der Waals surface area contributed by atoms with Crippen molar-refractivity contribution in [2.75, 3.05) is 6.61 Å². The van der Waals surface area contributed by atoms with E-state index in [2.05, 4.69) is 0 Å². The van der Waals surface area contributed by atoms with Gasteiger partial charge in [-0.2, -0.15) is 0 Å². The highest BCUT2D eigenvalue weighted by atomic mass is 35.5. The maximum Gasteiger partial charge on any atom is 0.123 e. The number of aliphatic hydroxyl groups excluding tert-OH is 1. The number of nitrogens with two attached hydrogens (primary N) is 1. The third-order valence-corrected chi connectivity index (χ3v) is 2.71.